The maximum Gasteiger partial charge on any atom is 0.331 e. The number of rotatable bonds is 3. The molecule has 0 aromatic heterocycles. The fraction of sp³-hybridized carbons (Fsp3) is 0.533. The Labute approximate surface area is 102 Å². The number of carbonyl (C=O) groups is 1. The Kier molecular flexibility index (Phi) is 2.46. The summed E-state index contributed by atoms with van der Waals surface area (Å²) in [6, 6.07) is 0. The average Bonchev–Trinajstić information content (AvgIpc) is 2.76. The molecule has 90 valence electrons. The first-order chi connectivity index (χ1) is 8.26. The summed E-state index contributed by atoms with van der Waals surface area (Å²) < 4.78 is 5.68. The summed E-state index contributed by atoms with van der Waals surface area (Å²) in [5.41, 5.74) is 0.975. The molecule has 1 aliphatic heterocycles. The van der Waals surface area contributed by atoms with Gasteiger partial charge in [-0.1, -0.05) is 18.2 Å². The Morgan fingerprint density at radius 2 is 2.41 bits per heavy atom. The summed E-state index contributed by atoms with van der Waals surface area (Å²) in [6.07, 6.45) is 13.3. The Morgan fingerprint density at radius 3 is 3.24 bits per heavy atom. The number of hydrogen-bond donors (Lipinski definition) is 0. The zero-order valence-electron chi connectivity index (χ0n) is 10.0. The van der Waals surface area contributed by atoms with Crippen molar-refractivity contribution in [3.63, 3.8) is 0 Å². The van der Waals surface area contributed by atoms with E-state index in [1.807, 2.05) is 6.08 Å². The molecule has 1 saturated carbocycles. The van der Waals surface area contributed by atoms with Crippen LogP contribution in [0.1, 0.15) is 32.1 Å². The third-order valence-corrected chi connectivity index (χ3v) is 4.49. The molecule has 0 aromatic carbocycles. The monoisotopic (exact) mass is 230 g/mol. The maximum atomic E-state index is 11.5. The Balaban J connectivity index is 1.90. The lowest BCUT2D eigenvalue weighted by Gasteiger charge is -2.36. The van der Waals surface area contributed by atoms with E-state index >= 15 is 0 Å². The van der Waals surface area contributed by atoms with E-state index in [1.165, 1.54) is 12.0 Å². The molecule has 0 aromatic rings. The van der Waals surface area contributed by atoms with Gasteiger partial charge in [-0.3, -0.25) is 0 Å². The van der Waals surface area contributed by atoms with Crippen molar-refractivity contribution in [1.82, 2.24) is 0 Å². The van der Waals surface area contributed by atoms with Gasteiger partial charge in [0, 0.05) is 18.4 Å². The minimum atomic E-state index is -0.266. The highest BCUT2D eigenvalue weighted by Crippen LogP contribution is 2.55. The third-order valence-electron chi connectivity index (χ3n) is 4.49. The van der Waals surface area contributed by atoms with E-state index in [-0.39, 0.29) is 11.6 Å². The van der Waals surface area contributed by atoms with Crippen LogP contribution in [0, 0.1) is 11.8 Å². The molecule has 0 radical (unpaired) electrons. The first-order valence-corrected chi connectivity index (χ1v) is 6.46. The minimum Gasteiger partial charge on any atom is -0.451 e. The lowest BCUT2D eigenvalue weighted by molar-refractivity contribution is -0.150. The predicted molar refractivity (Wildman–Crippen MR) is 66.3 cm³/mol. The van der Waals surface area contributed by atoms with Gasteiger partial charge in [0.2, 0.25) is 0 Å². The summed E-state index contributed by atoms with van der Waals surface area (Å²) in [4.78, 5) is 11.5. The van der Waals surface area contributed by atoms with Gasteiger partial charge in [0.15, 0.2) is 0 Å². The van der Waals surface area contributed by atoms with Crippen LogP contribution in [0.5, 0.6) is 0 Å². The molecule has 1 spiro atoms. The molecule has 3 atom stereocenters. The lowest BCUT2D eigenvalue weighted by atomic mass is 9.76. The smallest absolute Gasteiger partial charge is 0.331 e. The highest BCUT2D eigenvalue weighted by Gasteiger charge is 2.56. The topological polar surface area (TPSA) is 26.3 Å². The SMILES string of the molecule is C=CCC[C@@H]1CC2=CC(=O)O[C@@]23CC=CC[C@H]13. The maximum absolute atomic E-state index is 11.5. The van der Waals surface area contributed by atoms with Gasteiger partial charge in [-0.05, 0) is 37.2 Å². The van der Waals surface area contributed by atoms with Crippen LogP contribution in [-0.4, -0.2) is 11.6 Å². The molecule has 2 heteroatoms. The van der Waals surface area contributed by atoms with E-state index in [2.05, 4.69) is 18.7 Å². The third kappa shape index (κ3) is 1.50. The van der Waals surface area contributed by atoms with Crippen molar-refractivity contribution in [3.8, 4) is 0 Å². The molecule has 17 heavy (non-hydrogen) atoms. The van der Waals surface area contributed by atoms with Gasteiger partial charge < -0.3 is 4.74 Å². The second kappa shape index (κ2) is 3.86. The summed E-state index contributed by atoms with van der Waals surface area (Å²) in [6.45, 7) is 3.79. The predicted octanol–water partition coefficient (Wildman–Crippen LogP) is 3.16. The quantitative estimate of drug-likeness (QED) is 0.550. The fourth-order valence-corrected chi connectivity index (χ4v) is 3.73. The van der Waals surface area contributed by atoms with Crippen molar-refractivity contribution in [2.45, 2.75) is 37.7 Å². The van der Waals surface area contributed by atoms with Gasteiger partial charge in [0.1, 0.15) is 5.60 Å². The van der Waals surface area contributed by atoms with Gasteiger partial charge in [0.05, 0.1) is 0 Å². The fourth-order valence-electron chi connectivity index (χ4n) is 3.73. The molecule has 0 N–H and O–H groups in total. The van der Waals surface area contributed by atoms with Crippen molar-refractivity contribution < 1.29 is 9.53 Å². The van der Waals surface area contributed by atoms with Gasteiger partial charge >= 0.3 is 5.97 Å². The molecule has 1 fully saturated rings. The Hall–Kier alpha value is -1.31. The molecule has 0 amide bonds. The van der Waals surface area contributed by atoms with Gasteiger partial charge in [-0.2, -0.15) is 0 Å². The van der Waals surface area contributed by atoms with Crippen LogP contribution in [0.3, 0.4) is 0 Å². The Morgan fingerprint density at radius 1 is 1.53 bits per heavy atom. The van der Waals surface area contributed by atoms with Gasteiger partial charge in [-0.15, -0.1) is 6.58 Å². The first kappa shape index (κ1) is 10.8. The number of esters is 1. The van der Waals surface area contributed by atoms with Crippen molar-refractivity contribution in [3.05, 3.63) is 36.5 Å². The highest BCUT2D eigenvalue weighted by molar-refractivity contribution is 5.87. The molecule has 1 heterocycles. The van der Waals surface area contributed by atoms with Crippen LogP contribution in [0.15, 0.2) is 36.5 Å². The molecular formula is C15H18O2. The van der Waals surface area contributed by atoms with Crippen molar-refractivity contribution in [2.24, 2.45) is 11.8 Å². The van der Waals surface area contributed by atoms with E-state index < -0.39 is 0 Å². The molecule has 2 aliphatic carbocycles. The van der Waals surface area contributed by atoms with Crippen molar-refractivity contribution in [2.75, 3.05) is 0 Å². The molecule has 0 bridgehead atoms. The number of ether oxygens (including phenoxy) is 1. The molecule has 0 saturated heterocycles. The van der Waals surface area contributed by atoms with Crippen LogP contribution in [0.25, 0.3) is 0 Å². The molecule has 3 rings (SSSR count). The number of carbonyl (C=O) groups excluding carboxylic acids is 1. The normalized spacial score (nSPS) is 38.4. The summed E-state index contributed by atoms with van der Waals surface area (Å²) >= 11 is 0. The first-order valence-electron chi connectivity index (χ1n) is 6.46. The average molecular weight is 230 g/mol. The highest BCUT2D eigenvalue weighted by atomic mass is 16.6. The number of allylic oxidation sites excluding steroid dienone is 2. The van der Waals surface area contributed by atoms with Crippen LogP contribution in [-0.2, 0) is 9.53 Å². The van der Waals surface area contributed by atoms with Gasteiger partial charge in [-0.25, -0.2) is 4.79 Å². The van der Waals surface area contributed by atoms with Crippen LogP contribution < -0.4 is 0 Å². The van der Waals surface area contributed by atoms with Crippen molar-refractivity contribution >= 4 is 5.97 Å². The summed E-state index contributed by atoms with van der Waals surface area (Å²) in [5, 5.41) is 0. The second-order valence-electron chi connectivity index (χ2n) is 5.33. The zero-order chi connectivity index (χ0) is 11.9. The van der Waals surface area contributed by atoms with Crippen LogP contribution >= 0.6 is 0 Å². The second-order valence-corrected chi connectivity index (χ2v) is 5.33. The largest absolute Gasteiger partial charge is 0.451 e. The van der Waals surface area contributed by atoms with Crippen molar-refractivity contribution in [1.29, 1.82) is 0 Å². The summed E-state index contributed by atoms with van der Waals surface area (Å²) in [7, 11) is 0. The van der Waals surface area contributed by atoms with Crippen LogP contribution in [0.2, 0.25) is 0 Å². The lowest BCUT2D eigenvalue weighted by Crippen LogP contribution is -2.39. The standard InChI is InChI=1S/C15H18O2/c1-2-3-6-11-9-12-10-14(16)17-15(12)8-5-4-7-13(11)15/h2,4-5,10-11,13H,1,3,6-9H2/t11-,13-,15+/m1/s1. The van der Waals surface area contributed by atoms with E-state index in [0.29, 0.717) is 11.8 Å². The molecule has 3 aliphatic rings. The molecule has 0 unspecified atom stereocenters. The van der Waals surface area contributed by atoms with E-state index in [1.54, 1.807) is 6.08 Å². The Bertz CT molecular complexity index is 419. The summed E-state index contributed by atoms with van der Waals surface area (Å²) in [5.74, 6) is 1.00. The van der Waals surface area contributed by atoms with E-state index in [4.69, 9.17) is 4.74 Å². The van der Waals surface area contributed by atoms with Crippen LogP contribution in [0.4, 0.5) is 0 Å². The van der Waals surface area contributed by atoms with Gasteiger partial charge in [0.25, 0.3) is 0 Å². The minimum absolute atomic E-state index is 0.137. The zero-order valence-corrected chi connectivity index (χ0v) is 10.0. The van der Waals surface area contributed by atoms with E-state index in [9.17, 15) is 4.79 Å². The van der Waals surface area contributed by atoms with E-state index in [0.717, 1.165) is 25.7 Å². The molecule has 2 nitrogen and oxygen atoms in total. The molecular weight excluding hydrogens is 212 g/mol. The number of hydrogen-bond acceptors (Lipinski definition) is 2.